The second kappa shape index (κ2) is 12.1. The van der Waals surface area contributed by atoms with E-state index in [1.54, 1.807) is 0 Å². The van der Waals surface area contributed by atoms with E-state index >= 15 is 0 Å². The van der Waals surface area contributed by atoms with Gasteiger partial charge < -0.3 is 19.5 Å². The Bertz CT molecular complexity index is 1180. The van der Waals surface area contributed by atoms with Gasteiger partial charge in [-0.3, -0.25) is 4.79 Å². The van der Waals surface area contributed by atoms with Crippen molar-refractivity contribution in [3.05, 3.63) is 46.6 Å². The van der Waals surface area contributed by atoms with Gasteiger partial charge in [0.2, 0.25) is 21.8 Å². The monoisotopic (exact) mass is 551 g/mol. The Morgan fingerprint density at radius 1 is 1.22 bits per heavy atom. The molecule has 0 aliphatic carbocycles. The summed E-state index contributed by atoms with van der Waals surface area (Å²) in [5.41, 5.74) is -0.918. The second-order valence-corrected chi connectivity index (χ2v) is 10.1. The van der Waals surface area contributed by atoms with Crippen molar-refractivity contribution in [2.45, 2.75) is 37.2 Å². The number of rotatable bonds is 10. The van der Waals surface area contributed by atoms with Gasteiger partial charge in [0, 0.05) is 31.5 Å². The van der Waals surface area contributed by atoms with Crippen LogP contribution in [0.3, 0.4) is 0 Å². The lowest BCUT2D eigenvalue weighted by Gasteiger charge is -2.17. The number of methoxy groups -OCH3 is 1. The number of amides is 1. The van der Waals surface area contributed by atoms with Gasteiger partial charge in [0.15, 0.2) is 0 Å². The van der Waals surface area contributed by atoms with Crippen molar-refractivity contribution in [2.75, 3.05) is 26.9 Å². The molecule has 2 aromatic rings. The molecule has 1 amide bonds. The molecule has 0 spiro atoms. The molecule has 2 N–H and O–H groups in total. The largest absolute Gasteiger partial charge is 0.491 e. The van der Waals surface area contributed by atoms with Crippen molar-refractivity contribution in [1.29, 1.82) is 0 Å². The standard InChI is InChI=1S/C22H25ClF3N3O6S/c1-33-8-9-34-16-6-5-14(13-36(31,32)29-18-4-2-3-7-27-20(18)30)19(11-16)35-21-17(23)10-15(12-28-21)22(24,25)26/h5-6,10-12,18,29H,2-4,7-9,13H2,1H3,(H,27,30). The Hall–Kier alpha value is -2.61. The molecule has 1 aliphatic rings. The summed E-state index contributed by atoms with van der Waals surface area (Å²) in [5.74, 6) is -1.09. The lowest BCUT2D eigenvalue weighted by atomic mass is 10.1. The molecule has 0 radical (unpaired) electrons. The fourth-order valence-corrected chi connectivity index (χ4v) is 4.95. The molecule has 1 aromatic heterocycles. The second-order valence-electron chi connectivity index (χ2n) is 7.94. The van der Waals surface area contributed by atoms with E-state index in [-0.39, 0.29) is 30.4 Å². The summed E-state index contributed by atoms with van der Waals surface area (Å²) in [6.45, 7) is 0.942. The number of carbonyl (C=O) groups is 1. The van der Waals surface area contributed by atoms with Crippen LogP contribution < -0.4 is 19.5 Å². The minimum atomic E-state index is -4.65. The SMILES string of the molecule is COCCOc1ccc(CS(=O)(=O)NC2CCCCNC2=O)c(Oc2ncc(C(F)(F)F)cc2Cl)c1. The Morgan fingerprint density at radius 2 is 2.00 bits per heavy atom. The third-order valence-corrected chi connectivity index (χ3v) is 6.74. The van der Waals surface area contributed by atoms with E-state index in [4.69, 9.17) is 25.8 Å². The molecule has 1 aliphatic heterocycles. The van der Waals surface area contributed by atoms with Crippen molar-refractivity contribution < 1.29 is 40.6 Å². The quantitative estimate of drug-likeness (QED) is 0.433. The van der Waals surface area contributed by atoms with Crippen LogP contribution in [-0.2, 0) is 31.5 Å². The molecule has 1 aromatic carbocycles. The minimum absolute atomic E-state index is 0.0465. The molecule has 3 rings (SSSR count). The number of pyridine rings is 1. The molecule has 2 heterocycles. The first-order valence-electron chi connectivity index (χ1n) is 10.9. The van der Waals surface area contributed by atoms with E-state index in [9.17, 15) is 26.4 Å². The molecular weight excluding hydrogens is 527 g/mol. The molecule has 1 fully saturated rings. The highest BCUT2D eigenvalue weighted by atomic mass is 35.5. The van der Waals surface area contributed by atoms with E-state index in [1.807, 2.05) is 0 Å². The van der Waals surface area contributed by atoms with Gasteiger partial charge in [-0.05, 0) is 31.4 Å². The van der Waals surface area contributed by atoms with Crippen molar-refractivity contribution in [1.82, 2.24) is 15.0 Å². The van der Waals surface area contributed by atoms with Crippen LogP contribution in [0.15, 0.2) is 30.5 Å². The topological polar surface area (TPSA) is 116 Å². The number of ether oxygens (including phenoxy) is 3. The zero-order valence-corrected chi connectivity index (χ0v) is 20.8. The van der Waals surface area contributed by atoms with Crippen LogP contribution in [0, 0.1) is 0 Å². The molecule has 1 atom stereocenters. The summed E-state index contributed by atoms with van der Waals surface area (Å²) in [5, 5.41) is 2.24. The smallest absolute Gasteiger partial charge is 0.417 e. The zero-order chi connectivity index (χ0) is 26.3. The summed E-state index contributed by atoms with van der Waals surface area (Å²) in [7, 11) is -2.53. The maximum absolute atomic E-state index is 13.0. The molecule has 9 nitrogen and oxygen atoms in total. The fourth-order valence-electron chi connectivity index (χ4n) is 3.36. The van der Waals surface area contributed by atoms with E-state index < -0.39 is 44.5 Å². The molecular formula is C22H25ClF3N3O6S. The van der Waals surface area contributed by atoms with Gasteiger partial charge in [0.05, 0.1) is 17.9 Å². The Morgan fingerprint density at radius 3 is 2.69 bits per heavy atom. The molecule has 36 heavy (non-hydrogen) atoms. The van der Waals surface area contributed by atoms with Gasteiger partial charge in [-0.15, -0.1) is 0 Å². The number of nitrogens with zero attached hydrogens (tertiary/aromatic N) is 1. The highest BCUT2D eigenvalue weighted by Crippen LogP contribution is 2.36. The Labute approximate surface area is 211 Å². The summed E-state index contributed by atoms with van der Waals surface area (Å²) in [4.78, 5) is 15.8. The number of alkyl halides is 3. The Balaban J connectivity index is 1.87. The number of hydrogen-bond donors (Lipinski definition) is 2. The first-order chi connectivity index (χ1) is 17.0. The average Bonchev–Trinajstić information content (AvgIpc) is 2.99. The van der Waals surface area contributed by atoms with Gasteiger partial charge in [0.25, 0.3) is 0 Å². The predicted molar refractivity (Wildman–Crippen MR) is 125 cm³/mol. The lowest BCUT2D eigenvalue weighted by molar-refractivity contribution is -0.137. The molecule has 198 valence electrons. The van der Waals surface area contributed by atoms with Gasteiger partial charge in [-0.25, -0.2) is 18.1 Å². The van der Waals surface area contributed by atoms with E-state index in [2.05, 4.69) is 15.0 Å². The molecule has 14 heteroatoms. The highest BCUT2D eigenvalue weighted by molar-refractivity contribution is 7.88. The minimum Gasteiger partial charge on any atom is -0.491 e. The lowest BCUT2D eigenvalue weighted by Crippen LogP contribution is -2.45. The maximum Gasteiger partial charge on any atom is 0.417 e. The number of carbonyl (C=O) groups excluding carboxylic acids is 1. The van der Waals surface area contributed by atoms with Gasteiger partial charge in [-0.2, -0.15) is 13.2 Å². The Kier molecular flexibility index (Phi) is 9.39. The molecule has 1 saturated heterocycles. The fraction of sp³-hybridized carbons (Fsp3) is 0.455. The van der Waals surface area contributed by atoms with Crippen molar-refractivity contribution in [3.63, 3.8) is 0 Å². The van der Waals surface area contributed by atoms with Gasteiger partial charge in [0.1, 0.15) is 29.2 Å². The number of hydrogen-bond acceptors (Lipinski definition) is 7. The molecule has 0 bridgehead atoms. The average molecular weight is 552 g/mol. The van der Waals surface area contributed by atoms with Crippen LogP contribution in [-0.4, -0.2) is 52.2 Å². The van der Waals surface area contributed by atoms with Crippen LogP contribution in [0.5, 0.6) is 17.4 Å². The third-order valence-electron chi connectivity index (χ3n) is 5.14. The number of sulfonamides is 1. The van der Waals surface area contributed by atoms with Crippen LogP contribution in [0.4, 0.5) is 13.2 Å². The summed E-state index contributed by atoms with van der Waals surface area (Å²) in [6, 6.07) is 4.06. The van der Waals surface area contributed by atoms with Crippen molar-refractivity contribution in [3.8, 4) is 17.4 Å². The number of benzene rings is 1. The van der Waals surface area contributed by atoms with E-state index in [0.29, 0.717) is 37.4 Å². The predicted octanol–water partition coefficient (Wildman–Crippen LogP) is 3.66. The van der Waals surface area contributed by atoms with E-state index in [1.165, 1.54) is 25.3 Å². The molecule has 1 unspecified atom stereocenters. The van der Waals surface area contributed by atoms with Crippen molar-refractivity contribution in [2.24, 2.45) is 0 Å². The van der Waals surface area contributed by atoms with Crippen LogP contribution in [0.2, 0.25) is 5.02 Å². The van der Waals surface area contributed by atoms with Crippen LogP contribution in [0.25, 0.3) is 0 Å². The van der Waals surface area contributed by atoms with E-state index in [0.717, 1.165) is 6.42 Å². The van der Waals surface area contributed by atoms with Crippen LogP contribution in [0.1, 0.15) is 30.4 Å². The van der Waals surface area contributed by atoms with Gasteiger partial charge >= 0.3 is 6.18 Å². The number of aromatic nitrogens is 1. The number of halogens is 4. The van der Waals surface area contributed by atoms with Crippen molar-refractivity contribution >= 4 is 27.5 Å². The zero-order valence-electron chi connectivity index (χ0n) is 19.2. The summed E-state index contributed by atoms with van der Waals surface area (Å²) in [6.07, 6.45) is -2.33. The third kappa shape index (κ3) is 7.95. The summed E-state index contributed by atoms with van der Waals surface area (Å²) < 4.78 is 83.1. The van der Waals surface area contributed by atoms with Crippen LogP contribution >= 0.6 is 11.6 Å². The first kappa shape index (κ1) is 28.0. The maximum atomic E-state index is 13.0. The normalized spacial score (nSPS) is 16.8. The highest BCUT2D eigenvalue weighted by Gasteiger charge is 2.32. The summed E-state index contributed by atoms with van der Waals surface area (Å²) >= 11 is 5.96. The van der Waals surface area contributed by atoms with Gasteiger partial charge in [-0.1, -0.05) is 17.7 Å². The first-order valence-corrected chi connectivity index (χ1v) is 12.9. The number of nitrogens with one attached hydrogen (secondary N) is 2. The molecule has 0 saturated carbocycles.